The Morgan fingerprint density at radius 2 is 2.17 bits per heavy atom. The lowest BCUT2D eigenvalue weighted by atomic mass is 10.3. The number of hydrogen-bond donors (Lipinski definition) is 2. The summed E-state index contributed by atoms with van der Waals surface area (Å²) in [4.78, 5) is 0. The molecular formula is C12H17BrN2O2S. The highest BCUT2D eigenvalue weighted by Crippen LogP contribution is 2.26. The van der Waals surface area contributed by atoms with Crippen LogP contribution in [0.25, 0.3) is 0 Å². The van der Waals surface area contributed by atoms with Crippen LogP contribution in [0.2, 0.25) is 0 Å². The molecule has 1 aromatic rings. The van der Waals surface area contributed by atoms with E-state index in [0.717, 1.165) is 35.5 Å². The molecule has 0 saturated heterocycles. The van der Waals surface area contributed by atoms with Crippen molar-refractivity contribution in [1.82, 2.24) is 5.32 Å². The van der Waals surface area contributed by atoms with Gasteiger partial charge in [-0.05, 0) is 46.7 Å². The molecule has 6 heteroatoms. The van der Waals surface area contributed by atoms with E-state index in [9.17, 15) is 0 Å². The number of benzene rings is 1. The van der Waals surface area contributed by atoms with Gasteiger partial charge < -0.3 is 20.1 Å². The summed E-state index contributed by atoms with van der Waals surface area (Å²) >= 11 is 8.66. The average molecular weight is 333 g/mol. The largest absolute Gasteiger partial charge is 0.497 e. The Hall–Kier alpha value is -0.850. The van der Waals surface area contributed by atoms with Gasteiger partial charge in [-0.15, -0.1) is 0 Å². The molecule has 0 spiro atoms. The summed E-state index contributed by atoms with van der Waals surface area (Å²) in [6.07, 6.45) is 0.914. The maximum absolute atomic E-state index is 5.20. The van der Waals surface area contributed by atoms with E-state index in [1.807, 2.05) is 18.2 Å². The van der Waals surface area contributed by atoms with Crippen LogP contribution in [0, 0.1) is 0 Å². The minimum absolute atomic E-state index is 0.583. The highest BCUT2D eigenvalue weighted by Gasteiger charge is 2.03. The molecule has 4 nitrogen and oxygen atoms in total. The predicted octanol–water partition coefficient (Wildman–Crippen LogP) is 2.78. The molecule has 0 radical (unpaired) electrons. The van der Waals surface area contributed by atoms with Gasteiger partial charge in [-0.3, -0.25) is 0 Å². The van der Waals surface area contributed by atoms with Crippen molar-refractivity contribution in [3.8, 4) is 5.75 Å². The minimum Gasteiger partial charge on any atom is -0.497 e. The normalized spacial score (nSPS) is 9.94. The van der Waals surface area contributed by atoms with E-state index in [1.54, 1.807) is 14.2 Å². The topological polar surface area (TPSA) is 42.5 Å². The fourth-order valence-electron chi connectivity index (χ4n) is 1.31. The summed E-state index contributed by atoms with van der Waals surface area (Å²) in [6, 6.07) is 5.67. The first-order chi connectivity index (χ1) is 8.67. The van der Waals surface area contributed by atoms with E-state index < -0.39 is 0 Å². The molecule has 0 aromatic heterocycles. The molecule has 0 heterocycles. The molecule has 0 bridgehead atoms. The highest BCUT2D eigenvalue weighted by atomic mass is 79.9. The third-order valence-corrected chi connectivity index (χ3v) is 3.17. The monoisotopic (exact) mass is 332 g/mol. The van der Waals surface area contributed by atoms with Crippen molar-refractivity contribution < 1.29 is 9.47 Å². The average Bonchev–Trinajstić information content (AvgIpc) is 2.37. The lowest BCUT2D eigenvalue weighted by Gasteiger charge is -2.12. The summed E-state index contributed by atoms with van der Waals surface area (Å²) < 4.78 is 11.1. The lowest BCUT2D eigenvalue weighted by molar-refractivity contribution is 0.196. The van der Waals surface area contributed by atoms with Crippen LogP contribution in [0.5, 0.6) is 5.75 Å². The van der Waals surface area contributed by atoms with Gasteiger partial charge >= 0.3 is 0 Å². The SMILES string of the molecule is COCCCNC(=S)Nc1cc(OC)ccc1Br. The van der Waals surface area contributed by atoms with Crippen LogP contribution in [0.15, 0.2) is 22.7 Å². The number of anilines is 1. The van der Waals surface area contributed by atoms with E-state index in [4.69, 9.17) is 21.7 Å². The van der Waals surface area contributed by atoms with Crippen molar-refractivity contribution in [3.63, 3.8) is 0 Å². The van der Waals surface area contributed by atoms with Gasteiger partial charge in [-0.25, -0.2) is 0 Å². The van der Waals surface area contributed by atoms with Crippen LogP contribution in [-0.2, 0) is 4.74 Å². The smallest absolute Gasteiger partial charge is 0.170 e. The number of methoxy groups -OCH3 is 2. The van der Waals surface area contributed by atoms with Gasteiger partial charge in [-0.2, -0.15) is 0 Å². The minimum atomic E-state index is 0.583. The first-order valence-electron chi connectivity index (χ1n) is 5.54. The standard InChI is InChI=1S/C12H17BrN2O2S/c1-16-7-3-6-14-12(18)15-11-8-9(17-2)4-5-10(11)13/h4-5,8H,3,6-7H2,1-2H3,(H2,14,15,18). The van der Waals surface area contributed by atoms with Gasteiger partial charge in [-0.1, -0.05) is 0 Å². The zero-order valence-electron chi connectivity index (χ0n) is 10.5. The Labute approximate surface area is 121 Å². The molecule has 0 amide bonds. The van der Waals surface area contributed by atoms with E-state index in [-0.39, 0.29) is 0 Å². The molecule has 2 N–H and O–H groups in total. The van der Waals surface area contributed by atoms with E-state index in [2.05, 4.69) is 26.6 Å². The Balaban J connectivity index is 2.48. The molecule has 0 unspecified atom stereocenters. The summed E-state index contributed by atoms with van der Waals surface area (Å²) in [5.41, 5.74) is 0.874. The molecule has 0 aliphatic heterocycles. The van der Waals surface area contributed by atoms with E-state index >= 15 is 0 Å². The van der Waals surface area contributed by atoms with Crippen molar-refractivity contribution in [2.75, 3.05) is 32.7 Å². The van der Waals surface area contributed by atoms with E-state index in [0.29, 0.717) is 5.11 Å². The number of nitrogens with one attached hydrogen (secondary N) is 2. The maximum atomic E-state index is 5.20. The second-order valence-corrected chi connectivity index (χ2v) is 4.84. The highest BCUT2D eigenvalue weighted by molar-refractivity contribution is 9.10. The van der Waals surface area contributed by atoms with Gasteiger partial charge in [0.2, 0.25) is 0 Å². The van der Waals surface area contributed by atoms with Gasteiger partial charge in [0.15, 0.2) is 5.11 Å². The number of rotatable bonds is 6. The molecule has 1 aromatic carbocycles. The molecule has 100 valence electrons. The summed E-state index contributed by atoms with van der Waals surface area (Å²) in [5, 5.41) is 6.81. The molecule has 0 aliphatic carbocycles. The van der Waals surface area contributed by atoms with Crippen LogP contribution in [0.4, 0.5) is 5.69 Å². The molecule has 0 fully saturated rings. The van der Waals surface area contributed by atoms with Crippen molar-refractivity contribution in [1.29, 1.82) is 0 Å². The Morgan fingerprint density at radius 1 is 1.39 bits per heavy atom. The van der Waals surface area contributed by atoms with Gasteiger partial charge in [0.05, 0.1) is 12.8 Å². The molecule has 0 atom stereocenters. The van der Waals surface area contributed by atoms with Gasteiger partial charge in [0.1, 0.15) is 5.75 Å². The first-order valence-corrected chi connectivity index (χ1v) is 6.75. The summed E-state index contributed by atoms with van der Waals surface area (Å²) in [6.45, 7) is 1.50. The third-order valence-electron chi connectivity index (χ3n) is 2.23. The van der Waals surface area contributed by atoms with Crippen LogP contribution in [0.3, 0.4) is 0 Å². The fraction of sp³-hybridized carbons (Fsp3) is 0.417. The molecular weight excluding hydrogens is 316 g/mol. The zero-order valence-corrected chi connectivity index (χ0v) is 12.9. The summed E-state index contributed by atoms with van der Waals surface area (Å²) in [5.74, 6) is 0.780. The van der Waals surface area contributed by atoms with Crippen molar-refractivity contribution in [3.05, 3.63) is 22.7 Å². The van der Waals surface area contributed by atoms with E-state index in [1.165, 1.54) is 0 Å². The molecule has 0 aliphatic rings. The lowest BCUT2D eigenvalue weighted by Crippen LogP contribution is -2.29. The number of ether oxygens (including phenoxy) is 2. The second kappa shape index (κ2) is 8.29. The Kier molecular flexibility index (Phi) is 7.00. The number of halogens is 1. The second-order valence-electron chi connectivity index (χ2n) is 3.57. The number of thiocarbonyl (C=S) groups is 1. The first kappa shape index (κ1) is 15.2. The predicted molar refractivity (Wildman–Crippen MR) is 81.4 cm³/mol. The third kappa shape index (κ3) is 5.20. The quantitative estimate of drug-likeness (QED) is 0.619. The molecule has 1 rings (SSSR count). The van der Waals surface area contributed by atoms with Crippen LogP contribution >= 0.6 is 28.1 Å². The van der Waals surface area contributed by atoms with Crippen molar-refractivity contribution >= 4 is 38.9 Å². The van der Waals surface area contributed by atoms with Crippen molar-refractivity contribution in [2.24, 2.45) is 0 Å². The van der Waals surface area contributed by atoms with Gasteiger partial charge in [0.25, 0.3) is 0 Å². The zero-order chi connectivity index (χ0) is 13.4. The maximum Gasteiger partial charge on any atom is 0.170 e. The van der Waals surface area contributed by atoms with Crippen LogP contribution in [-0.4, -0.2) is 32.5 Å². The van der Waals surface area contributed by atoms with Gasteiger partial charge in [0, 0.05) is 30.8 Å². The Bertz CT molecular complexity index is 402. The van der Waals surface area contributed by atoms with Crippen LogP contribution in [0.1, 0.15) is 6.42 Å². The number of hydrogen-bond acceptors (Lipinski definition) is 3. The summed E-state index contributed by atoms with van der Waals surface area (Å²) in [7, 11) is 3.32. The molecule has 18 heavy (non-hydrogen) atoms. The fourth-order valence-corrected chi connectivity index (χ4v) is 1.87. The van der Waals surface area contributed by atoms with Crippen molar-refractivity contribution in [2.45, 2.75) is 6.42 Å². The molecule has 0 saturated carbocycles. The Morgan fingerprint density at radius 3 is 2.83 bits per heavy atom. The van der Waals surface area contributed by atoms with Crippen LogP contribution < -0.4 is 15.4 Å².